The van der Waals surface area contributed by atoms with Crippen LogP contribution in [0.5, 0.6) is 5.75 Å². The minimum absolute atomic E-state index is 0.486. The van der Waals surface area contributed by atoms with E-state index >= 15 is 0 Å². The average Bonchev–Trinajstić information content (AvgIpc) is 2.16. The van der Waals surface area contributed by atoms with Gasteiger partial charge >= 0.3 is 0 Å². The summed E-state index contributed by atoms with van der Waals surface area (Å²) in [5.41, 5.74) is 2.32. The Balaban J connectivity index is 2.47. The number of likely N-dealkylation sites (N-methyl/N-ethyl adjacent to an activating group) is 1. The second kappa shape index (κ2) is 3.40. The summed E-state index contributed by atoms with van der Waals surface area (Å²) < 4.78 is 5.34. The molecule has 76 valence electrons. The molecule has 1 aromatic carbocycles. The van der Waals surface area contributed by atoms with Crippen molar-refractivity contribution in [2.24, 2.45) is 0 Å². The first-order valence-corrected chi connectivity index (χ1v) is 4.87. The van der Waals surface area contributed by atoms with Crippen LogP contribution in [0.15, 0.2) is 18.2 Å². The molecule has 0 saturated heterocycles. The average molecular weight is 192 g/mol. The molecule has 0 saturated carbocycles. The Morgan fingerprint density at radius 2 is 2.29 bits per heavy atom. The predicted molar refractivity (Wildman–Crippen MR) is 59.3 cm³/mol. The van der Waals surface area contributed by atoms with Gasteiger partial charge in [0.05, 0.1) is 12.8 Å². The third kappa shape index (κ3) is 1.39. The lowest BCUT2D eigenvalue weighted by atomic mass is 10.1. The molecule has 3 heteroatoms. The molecule has 1 N–H and O–H groups in total. The first kappa shape index (κ1) is 9.19. The van der Waals surface area contributed by atoms with Gasteiger partial charge in [-0.05, 0) is 19.1 Å². The maximum absolute atomic E-state index is 5.34. The highest BCUT2D eigenvalue weighted by Crippen LogP contribution is 2.37. The van der Waals surface area contributed by atoms with Gasteiger partial charge in [0.25, 0.3) is 0 Å². The molecule has 2 rings (SSSR count). The van der Waals surface area contributed by atoms with Crippen LogP contribution < -0.4 is 15.0 Å². The van der Waals surface area contributed by atoms with Crippen molar-refractivity contribution in [3.63, 3.8) is 0 Å². The molecule has 0 spiro atoms. The molecule has 1 aliphatic rings. The van der Waals surface area contributed by atoms with Gasteiger partial charge in [0.2, 0.25) is 0 Å². The fourth-order valence-electron chi connectivity index (χ4n) is 2.01. The molecule has 1 aromatic rings. The predicted octanol–water partition coefficient (Wildman–Crippen LogP) is 1.95. The molecule has 1 heterocycles. The monoisotopic (exact) mass is 192 g/mol. The lowest BCUT2D eigenvalue weighted by molar-refractivity contribution is 0.414. The highest BCUT2D eigenvalue weighted by Gasteiger charge is 2.21. The van der Waals surface area contributed by atoms with Gasteiger partial charge in [0.1, 0.15) is 11.4 Å². The minimum Gasteiger partial charge on any atom is -0.495 e. The van der Waals surface area contributed by atoms with Crippen molar-refractivity contribution >= 4 is 11.4 Å². The van der Waals surface area contributed by atoms with Gasteiger partial charge in [-0.1, -0.05) is 6.07 Å². The van der Waals surface area contributed by atoms with E-state index in [1.54, 1.807) is 7.11 Å². The maximum atomic E-state index is 5.34. The quantitative estimate of drug-likeness (QED) is 0.736. The van der Waals surface area contributed by atoms with Crippen molar-refractivity contribution in [1.29, 1.82) is 0 Å². The molecule has 1 unspecified atom stereocenters. The van der Waals surface area contributed by atoms with Gasteiger partial charge in [-0.25, -0.2) is 0 Å². The fraction of sp³-hybridized carbons (Fsp3) is 0.455. The zero-order valence-corrected chi connectivity index (χ0v) is 8.87. The number of anilines is 2. The lowest BCUT2D eigenvalue weighted by Gasteiger charge is -2.34. The number of benzene rings is 1. The summed E-state index contributed by atoms with van der Waals surface area (Å²) in [7, 11) is 3.81. The fourth-order valence-corrected chi connectivity index (χ4v) is 2.01. The Hall–Kier alpha value is -1.38. The van der Waals surface area contributed by atoms with Crippen LogP contribution in [0.3, 0.4) is 0 Å². The highest BCUT2D eigenvalue weighted by atomic mass is 16.5. The van der Waals surface area contributed by atoms with Crippen molar-refractivity contribution < 1.29 is 4.74 Å². The standard InChI is InChI=1S/C11H16N2O/c1-8-7-13(2)11-9(12-8)5-4-6-10(11)14-3/h4-6,8,12H,7H2,1-3H3. The molecule has 1 atom stereocenters. The van der Waals surface area contributed by atoms with Gasteiger partial charge in [0, 0.05) is 19.6 Å². The number of nitrogens with zero attached hydrogens (tertiary/aromatic N) is 1. The summed E-state index contributed by atoms with van der Waals surface area (Å²) in [6, 6.07) is 6.58. The number of fused-ring (bicyclic) bond motifs is 1. The summed E-state index contributed by atoms with van der Waals surface area (Å²) in [5.74, 6) is 0.935. The van der Waals surface area contributed by atoms with Crippen LogP contribution in [-0.4, -0.2) is 26.7 Å². The number of hydrogen-bond acceptors (Lipinski definition) is 3. The molecular formula is C11H16N2O. The molecular weight excluding hydrogens is 176 g/mol. The first-order valence-electron chi connectivity index (χ1n) is 4.87. The van der Waals surface area contributed by atoms with Crippen molar-refractivity contribution in [1.82, 2.24) is 0 Å². The Labute approximate surface area is 84.7 Å². The summed E-state index contributed by atoms with van der Waals surface area (Å²) in [6.45, 7) is 3.19. The SMILES string of the molecule is COc1cccc2c1N(C)CC(C)N2. The van der Waals surface area contributed by atoms with Crippen LogP contribution in [0.1, 0.15) is 6.92 Å². The van der Waals surface area contributed by atoms with E-state index in [1.807, 2.05) is 12.1 Å². The molecule has 1 aliphatic heterocycles. The Kier molecular flexibility index (Phi) is 2.23. The third-order valence-corrected chi connectivity index (χ3v) is 2.55. The normalized spacial score (nSPS) is 19.9. The summed E-state index contributed by atoms with van der Waals surface area (Å²) >= 11 is 0. The van der Waals surface area contributed by atoms with Crippen molar-refractivity contribution in [2.45, 2.75) is 13.0 Å². The molecule has 3 nitrogen and oxygen atoms in total. The van der Waals surface area contributed by atoms with Gasteiger partial charge in [-0.2, -0.15) is 0 Å². The molecule has 0 radical (unpaired) electrons. The summed E-state index contributed by atoms with van der Waals surface area (Å²) in [4.78, 5) is 2.23. The topological polar surface area (TPSA) is 24.5 Å². The van der Waals surface area contributed by atoms with E-state index in [-0.39, 0.29) is 0 Å². The van der Waals surface area contributed by atoms with Crippen LogP contribution in [-0.2, 0) is 0 Å². The molecule has 0 amide bonds. The van der Waals surface area contributed by atoms with Crippen molar-refractivity contribution in [2.75, 3.05) is 30.9 Å². The van der Waals surface area contributed by atoms with E-state index in [0.717, 1.165) is 23.7 Å². The van der Waals surface area contributed by atoms with Crippen molar-refractivity contribution in [3.05, 3.63) is 18.2 Å². The van der Waals surface area contributed by atoms with E-state index in [0.29, 0.717) is 6.04 Å². The van der Waals surface area contributed by atoms with Crippen LogP contribution >= 0.6 is 0 Å². The van der Waals surface area contributed by atoms with Crippen molar-refractivity contribution in [3.8, 4) is 5.75 Å². The first-order chi connectivity index (χ1) is 6.72. The second-order valence-electron chi connectivity index (χ2n) is 3.78. The van der Waals surface area contributed by atoms with Crippen LogP contribution in [0, 0.1) is 0 Å². The molecule has 0 aliphatic carbocycles. The zero-order chi connectivity index (χ0) is 10.1. The molecule has 14 heavy (non-hydrogen) atoms. The zero-order valence-electron chi connectivity index (χ0n) is 8.87. The smallest absolute Gasteiger partial charge is 0.144 e. The van der Waals surface area contributed by atoms with E-state index in [4.69, 9.17) is 4.74 Å². The van der Waals surface area contributed by atoms with Crippen LogP contribution in [0.2, 0.25) is 0 Å². The molecule has 0 fully saturated rings. The summed E-state index contributed by atoms with van der Waals surface area (Å²) in [6.07, 6.45) is 0. The van der Waals surface area contributed by atoms with E-state index in [2.05, 4.69) is 30.3 Å². The Bertz CT molecular complexity index is 338. The molecule has 0 bridgehead atoms. The number of rotatable bonds is 1. The minimum atomic E-state index is 0.486. The summed E-state index contributed by atoms with van der Waals surface area (Å²) in [5, 5.41) is 3.44. The number of nitrogens with one attached hydrogen (secondary N) is 1. The largest absolute Gasteiger partial charge is 0.495 e. The van der Waals surface area contributed by atoms with E-state index in [9.17, 15) is 0 Å². The maximum Gasteiger partial charge on any atom is 0.144 e. The Morgan fingerprint density at radius 1 is 1.50 bits per heavy atom. The van der Waals surface area contributed by atoms with E-state index < -0.39 is 0 Å². The highest BCUT2D eigenvalue weighted by molar-refractivity contribution is 5.78. The number of methoxy groups -OCH3 is 1. The molecule has 0 aromatic heterocycles. The lowest BCUT2D eigenvalue weighted by Crippen LogP contribution is -2.37. The second-order valence-corrected chi connectivity index (χ2v) is 3.78. The Morgan fingerprint density at radius 3 is 3.00 bits per heavy atom. The van der Waals surface area contributed by atoms with Gasteiger partial charge in [0.15, 0.2) is 0 Å². The number of para-hydroxylation sites is 1. The number of hydrogen-bond donors (Lipinski definition) is 1. The van der Waals surface area contributed by atoms with Gasteiger partial charge in [-0.15, -0.1) is 0 Å². The van der Waals surface area contributed by atoms with Crippen LogP contribution in [0.25, 0.3) is 0 Å². The number of ether oxygens (including phenoxy) is 1. The van der Waals surface area contributed by atoms with E-state index in [1.165, 1.54) is 0 Å². The van der Waals surface area contributed by atoms with Crippen LogP contribution in [0.4, 0.5) is 11.4 Å². The van der Waals surface area contributed by atoms with Gasteiger partial charge < -0.3 is 15.0 Å². The van der Waals surface area contributed by atoms with Gasteiger partial charge in [-0.3, -0.25) is 0 Å². The third-order valence-electron chi connectivity index (χ3n) is 2.55.